The molecule has 0 saturated carbocycles. The van der Waals surface area contributed by atoms with Crippen LogP contribution < -0.4 is 0 Å². The fourth-order valence-corrected chi connectivity index (χ4v) is 0.498. The normalized spacial score (nSPS) is 14.3. The minimum absolute atomic E-state index is 0.109. The van der Waals surface area contributed by atoms with Crippen LogP contribution in [-0.2, 0) is 4.79 Å². The van der Waals surface area contributed by atoms with Gasteiger partial charge >= 0.3 is 18.1 Å². The highest BCUT2D eigenvalue weighted by Crippen LogP contribution is 2.38. The van der Waals surface area contributed by atoms with Gasteiger partial charge in [-0.05, 0) is 0 Å². The second-order valence-corrected chi connectivity index (χ2v) is 2.67. The monoisotopic (exact) mass is 238 g/mol. The Bertz CT molecular complexity index is 257. The van der Waals surface area contributed by atoms with Crippen molar-refractivity contribution < 1.29 is 31.9 Å². The van der Waals surface area contributed by atoms with Crippen molar-refractivity contribution in [2.45, 2.75) is 18.5 Å². The molecule has 82 valence electrons. The fraction of sp³-hybridized carbons (Fsp3) is 0.500. The highest BCUT2D eigenvalue weighted by atomic mass is 35.5. The van der Waals surface area contributed by atoms with Crippen LogP contribution in [0, 0.1) is 0 Å². The van der Waals surface area contributed by atoms with E-state index in [-0.39, 0.29) is 6.08 Å². The summed E-state index contributed by atoms with van der Waals surface area (Å²) >= 11 is 4.83. The minimum atomic E-state index is -5.71. The molecule has 0 amide bonds. The van der Waals surface area contributed by atoms with E-state index in [9.17, 15) is 26.7 Å². The molecule has 0 rings (SSSR count). The van der Waals surface area contributed by atoms with Gasteiger partial charge in [0.1, 0.15) is 5.03 Å². The average Bonchev–Trinajstić information content (AvgIpc) is 1.97. The van der Waals surface area contributed by atoms with Crippen LogP contribution in [0.2, 0.25) is 0 Å². The summed E-state index contributed by atoms with van der Waals surface area (Å²) < 4.78 is 58.8. The molecular weight excluding hydrogens is 235 g/mol. The molecule has 0 aliphatic carbocycles. The number of aliphatic carboxylic acids is 1. The van der Waals surface area contributed by atoms with Crippen LogP contribution in [0.5, 0.6) is 0 Å². The Morgan fingerprint density at radius 2 is 1.71 bits per heavy atom. The lowest BCUT2D eigenvalue weighted by Gasteiger charge is -2.17. The Hall–Kier alpha value is -0.850. The standard InChI is InChI=1S/C6H4ClF5O2/c7-3(4(13)14)1-2-5(8,9)6(10,11)12/h1H,2H2,(H,13,14). The van der Waals surface area contributed by atoms with Crippen molar-refractivity contribution in [3.8, 4) is 0 Å². The smallest absolute Gasteiger partial charge is 0.453 e. The van der Waals surface area contributed by atoms with Crippen LogP contribution in [-0.4, -0.2) is 23.2 Å². The summed E-state index contributed by atoms with van der Waals surface area (Å²) in [5.74, 6) is -6.73. The molecule has 0 aromatic heterocycles. The van der Waals surface area contributed by atoms with Crippen LogP contribution in [0.25, 0.3) is 0 Å². The molecule has 1 N–H and O–H groups in total. The molecule has 0 heterocycles. The Balaban J connectivity index is 4.55. The van der Waals surface area contributed by atoms with Gasteiger partial charge in [-0.25, -0.2) is 4.79 Å². The Labute approximate surface area is 80.0 Å². The summed E-state index contributed by atoms with van der Waals surface area (Å²) in [6.07, 6.45) is -7.39. The van der Waals surface area contributed by atoms with Gasteiger partial charge < -0.3 is 5.11 Å². The number of allylic oxidation sites excluding steroid dienone is 1. The van der Waals surface area contributed by atoms with Crippen molar-refractivity contribution in [2.75, 3.05) is 0 Å². The topological polar surface area (TPSA) is 37.3 Å². The molecule has 0 aromatic rings. The summed E-state index contributed by atoms with van der Waals surface area (Å²) in [6.45, 7) is 0. The molecule has 0 atom stereocenters. The summed E-state index contributed by atoms with van der Waals surface area (Å²) in [7, 11) is 0. The largest absolute Gasteiger partial charge is 0.477 e. The third kappa shape index (κ3) is 3.49. The van der Waals surface area contributed by atoms with E-state index < -0.39 is 29.5 Å². The molecule has 0 aliphatic heterocycles. The highest BCUT2D eigenvalue weighted by molar-refractivity contribution is 6.40. The molecule has 2 nitrogen and oxygen atoms in total. The van der Waals surface area contributed by atoms with Gasteiger partial charge in [-0.3, -0.25) is 0 Å². The second-order valence-electron chi connectivity index (χ2n) is 2.26. The maximum absolute atomic E-state index is 12.1. The molecule has 0 spiro atoms. The van der Waals surface area contributed by atoms with Gasteiger partial charge in [-0.15, -0.1) is 0 Å². The van der Waals surface area contributed by atoms with Gasteiger partial charge in [0.25, 0.3) is 0 Å². The molecule has 0 aliphatic rings. The Kier molecular flexibility index (Phi) is 3.87. The van der Waals surface area contributed by atoms with Crippen molar-refractivity contribution in [1.29, 1.82) is 0 Å². The molecule has 0 fully saturated rings. The Morgan fingerprint density at radius 3 is 2.00 bits per heavy atom. The van der Waals surface area contributed by atoms with E-state index in [0.717, 1.165) is 0 Å². The number of carboxylic acid groups (broad SMARTS) is 1. The zero-order valence-electron chi connectivity index (χ0n) is 6.41. The van der Waals surface area contributed by atoms with Crippen LogP contribution in [0.3, 0.4) is 0 Å². The lowest BCUT2D eigenvalue weighted by atomic mass is 10.2. The number of halogens is 6. The highest BCUT2D eigenvalue weighted by Gasteiger charge is 2.56. The van der Waals surface area contributed by atoms with Crippen molar-refractivity contribution >= 4 is 17.6 Å². The van der Waals surface area contributed by atoms with Crippen molar-refractivity contribution in [1.82, 2.24) is 0 Å². The zero-order chi connectivity index (χ0) is 11.6. The quantitative estimate of drug-likeness (QED) is 0.606. The van der Waals surface area contributed by atoms with E-state index in [1.165, 1.54) is 0 Å². The van der Waals surface area contributed by atoms with Crippen LogP contribution >= 0.6 is 11.6 Å². The van der Waals surface area contributed by atoms with Crippen molar-refractivity contribution in [3.05, 3.63) is 11.1 Å². The Morgan fingerprint density at radius 1 is 1.29 bits per heavy atom. The third-order valence-electron chi connectivity index (χ3n) is 1.16. The summed E-state index contributed by atoms with van der Waals surface area (Å²) in [6, 6.07) is 0. The van der Waals surface area contributed by atoms with E-state index >= 15 is 0 Å². The molecule has 8 heteroatoms. The number of hydrogen-bond donors (Lipinski definition) is 1. The minimum Gasteiger partial charge on any atom is -0.477 e. The number of carbonyl (C=O) groups is 1. The van der Waals surface area contributed by atoms with E-state index in [1.54, 1.807) is 0 Å². The predicted molar refractivity (Wildman–Crippen MR) is 37.2 cm³/mol. The van der Waals surface area contributed by atoms with Crippen LogP contribution in [0.15, 0.2) is 11.1 Å². The average molecular weight is 239 g/mol. The summed E-state index contributed by atoms with van der Waals surface area (Å²) in [4.78, 5) is 9.94. The fourth-order valence-electron chi connectivity index (χ4n) is 0.421. The molecule has 0 saturated heterocycles. The van der Waals surface area contributed by atoms with E-state index in [4.69, 9.17) is 16.7 Å². The van der Waals surface area contributed by atoms with Gasteiger partial charge in [0.05, 0.1) is 0 Å². The van der Waals surface area contributed by atoms with E-state index in [1.807, 2.05) is 0 Å². The van der Waals surface area contributed by atoms with Gasteiger partial charge in [0.15, 0.2) is 0 Å². The van der Waals surface area contributed by atoms with Crippen molar-refractivity contribution in [2.24, 2.45) is 0 Å². The van der Waals surface area contributed by atoms with E-state index in [0.29, 0.717) is 0 Å². The van der Waals surface area contributed by atoms with E-state index in [2.05, 4.69) is 0 Å². The first-order valence-electron chi connectivity index (χ1n) is 3.11. The molecule has 0 radical (unpaired) electrons. The first-order chi connectivity index (χ1) is 6.08. The third-order valence-corrected chi connectivity index (χ3v) is 1.47. The maximum atomic E-state index is 12.1. The van der Waals surface area contributed by atoms with Gasteiger partial charge in [0, 0.05) is 6.42 Å². The number of alkyl halides is 5. The molecule has 0 unspecified atom stereocenters. The van der Waals surface area contributed by atoms with Crippen molar-refractivity contribution in [3.63, 3.8) is 0 Å². The summed E-state index contributed by atoms with van der Waals surface area (Å²) in [5.41, 5.74) is 0. The molecular formula is C6H4ClF5O2. The number of rotatable bonds is 3. The van der Waals surface area contributed by atoms with Gasteiger partial charge in [-0.2, -0.15) is 22.0 Å². The molecule has 14 heavy (non-hydrogen) atoms. The first kappa shape index (κ1) is 13.2. The molecule has 0 bridgehead atoms. The number of carboxylic acids is 1. The van der Waals surface area contributed by atoms with Gasteiger partial charge in [-0.1, -0.05) is 17.7 Å². The van der Waals surface area contributed by atoms with Gasteiger partial charge in [0.2, 0.25) is 0 Å². The van der Waals surface area contributed by atoms with Crippen LogP contribution in [0.4, 0.5) is 22.0 Å². The second kappa shape index (κ2) is 4.12. The molecule has 0 aromatic carbocycles. The lowest BCUT2D eigenvalue weighted by Crippen LogP contribution is -2.35. The first-order valence-corrected chi connectivity index (χ1v) is 3.49. The SMILES string of the molecule is O=C(O)C(Cl)=CCC(F)(F)C(F)(F)F. The maximum Gasteiger partial charge on any atom is 0.453 e. The summed E-state index contributed by atoms with van der Waals surface area (Å²) in [5, 5.41) is 6.98. The zero-order valence-corrected chi connectivity index (χ0v) is 7.16. The lowest BCUT2D eigenvalue weighted by molar-refractivity contribution is -0.280. The van der Waals surface area contributed by atoms with Crippen LogP contribution in [0.1, 0.15) is 6.42 Å². The number of hydrogen-bond acceptors (Lipinski definition) is 1. The predicted octanol–water partition coefficient (Wildman–Crippen LogP) is 2.78.